The Morgan fingerprint density at radius 2 is 2.29 bits per heavy atom. The van der Waals surface area contributed by atoms with Gasteiger partial charge in [0, 0.05) is 19.2 Å². The molecule has 1 heterocycles. The van der Waals surface area contributed by atoms with Gasteiger partial charge in [0.15, 0.2) is 0 Å². The van der Waals surface area contributed by atoms with Crippen molar-refractivity contribution < 1.29 is 4.74 Å². The molecule has 0 aliphatic heterocycles. The molecule has 0 saturated heterocycles. The van der Waals surface area contributed by atoms with Gasteiger partial charge in [0.1, 0.15) is 16.8 Å². The summed E-state index contributed by atoms with van der Waals surface area (Å²) in [6.45, 7) is 4.44. The van der Waals surface area contributed by atoms with Crippen LogP contribution in [0.5, 0.6) is 0 Å². The Kier molecular flexibility index (Phi) is 4.10. The fourth-order valence-electron chi connectivity index (χ4n) is 1.15. The van der Waals surface area contributed by atoms with Crippen molar-refractivity contribution in [2.75, 3.05) is 19.0 Å². The molecule has 0 spiro atoms. The van der Waals surface area contributed by atoms with Crippen LogP contribution in [0.4, 0.5) is 5.82 Å². The van der Waals surface area contributed by atoms with E-state index in [1.165, 1.54) is 0 Å². The minimum Gasteiger partial charge on any atom is -0.383 e. The summed E-state index contributed by atoms with van der Waals surface area (Å²) in [5.74, 6) is 1.39. The molecule has 1 atom stereocenters. The Hall–Kier alpha value is -0.870. The van der Waals surface area contributed by atoms with Crippen LogP contribution in [0, 0.1) is 6.92 Å². The predicted octanol–water partition coefficient (Wildman–Crippen LogP) is 1.89. The van der Waals surface area contributed by atoms with Crippen LogP contribution < -0.4 is 5.32 Å². The van der Waals surface area contributed by atoms with Gasteiger partial charge in [0.05, 0.1) is 6.61 Å². The fourth-order valence-corrected chi connectivity index (χ4v) is 1.37. The third-order valence-electron chi connectivity index (χ3n) is 1.62. The van der Waals surface area contributed by atoms with E-state index >= 15 is 0 Å². The summed E-state index contributed by atoms with van der Waals surface area (Å²) in [4.78, 5) is 8.16. The van der Waals surface area contributed by atoms with Crippen molar-refractivity contribution >= 4 is 17.4 Å². The number of rotatable bonds is 4. The van der Waals surface area contributed by atoms with Crippen LogP contribution in [0.3, 0.4) is 0 Å². The molecule has 0 unspecified atom stereocenters. The maximum atomic E-state index is 5.79. The Labute approximate surface area is 88.7 Å². The average Bonchev–Trinajstić information content (AvgIpc) is 2.01. The monoisotopic (exact) mass is 215 g/mol. The van der Waals surface area contributed by atoms with Crippen molar-refractivity contribution in [3.05, 3.63) is 17.0 Å². The van der Waals surface area contributed by atoms with Crippen molar-refractivity contribution in [2.24, 2.45) is 0 Å². The third kappa shape index (κ3) is 3.47. The standard InChI is InChI=1S/C9H14ClN3O/c1-6(5-14-3)11-9-4-8(10)12-7(2)13-9/h4,6H,5H2,1-3H3,(H,11,12,13)/t6-/m1/s1. The zero-order valence-corrected chi connectivity index (χ0v) is 9.30. The Morgan fingerprint density at radius 3 is 2.86 bits per heavy atom. The summed E-state index contributed by atoms with van der Waals surface area (Å²) in [6.07, 6.45) is 0. The Bertz CT molecular complexity index is 286. The normalized spacial score (nSPS) is 12.6. The third-order valence-corrected chi connectivity index (χ3v) is 1.81. The van der Waals surface area contributed by atoms with Gasteiger partial charge in [-0.25, -0.2) is 9.97 Å². The summed E-state index contributed by atoms with van der Waals surface area (Å²) < 4.78 is 5.00. The fraction of sp³-hybridized carbons (Fsp3) is 0.556. The van der Waals surface area contributed by atoms with E-state index in [2.05, 4.69) is 15.3 Å². The highest BCUT2D eigenvalue weighted by molar-refractivity contribution is 6.29. The first-order chi connectivity index (χ1) is 6.61. The van der Waals surface area contributed by atoms with Crippen molar-refractivity contribution in [1.29, 1.82) is 0 Å². The van der Waals surface area contributed by atoms with Crippen molar-refractivity contribution in [1.82, 2.24) is 9.97 Å². The molecule has 1 N–H and O–H groups in total. The minimum atomic E-state index is 0.199. The van der Waals surface area contributed by atoms with Gasteiger partial charge >= 0.3 is 0 Å². The lowest BCUT2D eigenvalue weighted by atomic mass is 10.3. The average molecular weight is 216 g/mol. The van der Waals surface area contributed by atoms with Gasteiger partial charge < -0.3 is 10.1 Å². The zero-order valence-electron chi connectivity index (χ0n) is 8.54. The van der Waals surface area contributed by atoms with Crippen LogP contribution in [0.15, 0.2) is 6.07 Å². The molecular formula is C9H14ClN3O. The van der Waals surface area contributed by atoms with Crippen LogP contribution in [-0.4, -0.2) is 29.7 Å². The molecule has 0 fully saturated rings. The molecule has 0 radical (unpaired) electrons. The lowest BCUT2D eigenvalue weighted by Gasteiger charge is -2.13. The first-order valence-corrected chi connectivity index (χ1v) is 4.76. The van der Waals surface area contributed by atoms with E-state index in [1.807, 2.05) is 6.92 Å². The summed E-state index contributed by atoms with van der Waals surface area (Å²) in [6, 6.07) is 1.89. The number of aryl methyl sites for hydroxylation is 1. The zero-order chi connectivity index (χ0) is 10.6. The van der Waals surface area contributed by atoms with E-state index < -0.39 is 0 Å². The van der Waals surface area contributed by atoms with Gasteiger partial charge in [0.2, 0.25) is 0 Å². The number of aromatic nitrogens is 2. The number of hydrogen-bond acceptors (Lipinski definition) is 4. The van der Waals surface area contributed by atoms with Gasteiger partial charge in [-0.1, -0.05) is 11.6 Å². The highest BCUT2D eigenvalue weighted by Crippen LogP contribution is 2.11. The minimum absolute atomic E-state index is 0.199. The number of hydrogen-bond donors (Lipinski definition) is 1. The topological polar surface area (TPSA) is 47.0 Å². The summed E-state index contributed by atoms with van der Waals surface area (Å²) in [7, 11) is 1.66. The maximum Gasteiger partial charge on any atom is 0.134 e. The van der Waals surface area contributed by atoms with Gasteiger partial charge in [-0.2, -0.15) is 0 Å². The van der Waals surface area contributed by atoms with Gasteiger partial charge in [-0.15, -0.1) is 0 Å². The van der Waals surface area contributed by atoms with Crippen LogP contribution in [0.2, 0.25) is 5.15 Å². The largest absolute Gasteiger partial charge is 0.383 e. The quantitative estimate of drug-likeness (QED) is 0.780. The highest BCUT2D eigenvalue weighted by atomic mass is 35.5. The van der Waals surface area contributed by atoms with Crippen molar-refractivity contribution in [3.63, 3.8) is 0 Å². The van der Waals surface area contributed by atoms with Crippen LogP contribution >= 0.6 is 11.6 Å². The predicted molar refractivity (Wildman–Crippen MR) is 56.7 cm³/mol. The highest BCUT2D eigenvalue weighted by Gasteiger charge is 2.04. The molecule has 14 heavy (non-hydrogen) atoms. The first kappa shape index (κ1) is 11.2. The van der Waals surface area contributed by atoms with E-state index in [1.54, 1.807) is 20.1 Å². The number of halogens is 1. The second kappa shape index (κ2) is 5.12. The summed E-state index contributed by atoms with van der Waals surface area (Å²) in [5.41, 5.74) is 0. The molecule has 4 nitrogen and oxygen atoms in total. The van der Waals surface area contributed by atoms with Crippen molar-refractivity contribution in [2.45, 2.75) is 19.9 Å². The van der Waals surface area contributed by atoms with Gasteiger partial charge in [-0.05, 0) is 13.8 Å². The lowest BCUT2D eigenvalue weighted by Crippen LogP contribution is -2.21. The van der Waals surface area contributed by atoms with Crippen LogP contribution in [-0.2, 0) is 4.74 Å². The number of methoxy groups -OCH3 is 1. The number of anilines is 1. The molecule has 1 aromatic rings. The smallest absolute Gasteiger partial charge is 0.134 e. The number of nitrogens with zero attached hydrogens (tertiary/aromatic N) is 2. The van der Waals surface area contributed by atoms with Gasteiger partial charge in [-0.3, -0.25) is 0 Å². The van der Waals surface area contributed by atoms with E-state index in [9.17, 15) is 0 Å². The van der Waals surface area contributed by atoms with E-state index in [-0.39, 0.29) is 6.04 Å². The van der Waals surface area contributed by atoms with Crippen LogP contribution in [0.25, 0.3) is 0 Å². The van der Waals surface area contributed by atoms with E-state index in [0.29, 0.717) is 17.6 Å². The molecule has 1 rings (SSSR count). The first-order valence-electron chi connectivity index (χ1n) is 4.38. The number of ether oxygens (including phenoxy) is 1. The molecular weight excluding hydrogens is 202 g/mol. The van der Waals surface area contributed by atoms with Crippen LogP contribution in [0.1, 0.15) is 12.7 Å². The SMILES string of the molecule is COC[C@@H](C)Nc1cc(Cl)nc(C)n1. The molecule has 78 valence electrons. The summed E-state index contributed by atoms with van der Waals surface area (Å²) in [5, 5.41) is 3.61. The molecule has 0 aliphatic rings. The maximum absolute atomic E-state index is 5.79. The molecule has 1 aromatic heterocycles. The van der Waals surface area contributed by atoms with E-state index in [4.69, 9.17) is 16.3 Å². The molecule has 5 heteroatoms. The Morgan fingerprint density at radius 1 is 1.57 bits per heavy atom. The number of nitrogens with one attached hydrogen (secondary N) is 1. The van der Waals surface area contributed by atoms with E-state index in [0.717, 1.165) is 5.82 Å². The Balaban J connectivity index is 2.66. The molecule has 0 amide bonds. The molecule has 0 saturated carbocycles. The van der Waals surface area contributed by atoms with Gasteiger partial charge in [0.25, 0.3) is 0 Å². The summed E-state index contributed by atoms with van der Waals surface area (Å²) >= 11 is 5.79. The lowest BCUT2D eigenvalue weighted by molar-refractivity contribution is 0.190. The molecule has 0 aromatic carbocycles. The van der Waals surface area contributed by atoms with Crippen molar-refractivity contribution in [3.8, 4) is 0 Å². The molecule has 0 bridgehead atoms. The molecule has 0 aliphatic carbocycles. The second-order valence-electron chi connectivity index (χ2n) is 3.12. The second-order valence-corrected chi connectivity index (χ2v) is 3.51.